The maximum absolute atomic E-state index is 12.3. The first-order valence-corrected chi connectivity index (χ1v) is 10.5. The molecule has 1 aliphatic heterocycles. The highest BCUT2D eigenvalue weighted by molar-refractivity contribution is 6.02. The molecule has 28 heavy (non-hydrogen) atoms. The van der Waals surface area contributed by atoms with Gasteiger partial charge in [-0.2, -0.15) is 0 Å². The maximum Gasteiger partial charge on any atom is 0.251 e. The molecular formula is C23H33N3O2. The van der Waals surface area contributed by atoms with Crippen molar-refractivity contribution in [3.05, 3.63) is 41.2 Å². The summed E-state index contributed by atoms with van der Waals surface area (Å²) in [7, 11) is 0. The molecule has 152 valence electrons. The molecule has 0 saturated carbocycles. The molecule has 0 spiro atoms. The van der Waals surface area contributed by atoms with Crippen molar-refractivity contribution in [1.82, 2.24) is 4.57 Å². The van der Waals surface area contributed by atoms with Crippen molar-refractivity contribution in [3.63, 3.8) is 0 Å². The molecule has 5 heteroatoms. The molecule has 5 nitrogen and oxygen atoms in total. The van der Waals surface area contributed by atoms with Crippen LogP contribution in [0.25, 0.3) is 11.1 Å². The maximum atomic E-state index is 12.3. The lowest BCUT2D eigenvalue weighted by molar-refractivity contribution is 0.1000. The molecule has 1 fully saturated rings. The highest BCUT2D eigenvalue weighted by Crippen LogP contribution is 2.34. The van der Waals surface area contributed by atoms with Crippen LogP contribution in [-0.4, -0.2) is 36.8 Å². The zero-order valence-electron chi connectivity index (χ0n) is 17.5. The number of hydrogen-bond acceptors (Lipinski definition) is 3. The first kappa shape index (κ1) is 20.5. The molecule has 2 N–H and O–H groups in total. The lowest BCUT2D eigenvalue weighted by Crippen LogP contribution is -2.17. The van der Waals surface area contributed by atoms with E-state index in [4.69, 9.17) is 10.5 Å². The third-order valence-corrected chi connectivity index (χ3v) is 5.71. The summed E-state index contributed by atoms with van der Waals surface area (Å²) in [6.45, 7) is 10.7. The van der Waals surface area contributed by atoms with E-state index in [-0.39, 0.29) is 5.91 Å². The van der Waals surface area contributed by atoms with Crippen molar-refractivity contribution in [1.29, 1.82) is 0 Å². The van der Waals surface area contributed by atoms with Crippen LogP contribution >= 0.6 is 0 Å². The number of primary amides is 1. The lowest BCUT2D eigenvalue weighted by Gasteiger charge is -2.18. The van der Waals surface area contributed by atoms with E-state index < -0.39 is 0 Å². The summed E-state index contributed by atoms with van der Waals surface area (Å²) in [5.41, 5.74) is 11.9. The first-order chi connectivity index (χ1) is 13.6. The van der Waals surface area contributed by atoms with Crippen molar-refractivity contribution < 1.29 is 9.53 Å². The van der Waals surface area contributed by atoms with Gasteiger partial charge in [0.05, 0.1) is 5.56 Å². The van der Waals surface area contributed by atoms with Gasteiger partial charge in [-0.1, -0.05) is 19.1 Å². The molecule has 2 heterocycles. The molecule has 0 atom stereocenters. The fourth-order valence-electron chi connectivity index (χ4n) is 4.36. The fraction of sp³-hybridized carbons (Fsp3) is 0.522. The molecule has 3 rings (SSSR count). The molecule has 1 saturated heterocycles. The second kappa shape index (κ2) is 9.28. The Bertz CT molecular complexity index is 802. The van der Waals surface area contributed by atoms with Crippen molar-refractivity contribution in [2.24, 2.45) is 5.73 Å². The third kappa shape index (κ3) is 4.09. The minimum Gasteiger partial charge on any atom is -0.382 e. The summed E-state index contributed by atoms with van der Waals surface area (Å²) in [6, 6.07) is 8.62. The van der Waals surface area contributed by atoms with E-state index in [1.54, 1.807) is 0 Å². The molecule has 1 amide bonds. The zero-order chi connectivity index (χ0) is 20.1. The van der Waals surface area contributed by atoms with E-state index in [1.165, 1.54) is 24.2 Å². The van der Waals surface area contributed by atoms with Gasteiger partial charge < -0.3 is 19.9 Å². The predicted octanol–water partition coefficient (Wildman–Crippen LogP) is 4.15. The number of amides is 1. The molecule has 1 aromatic carbocycles. The average Bonchev–Trinajstić information content (AvgIpc) is 3.32. The molecule has 0 bridgehead atoms. The smallest absolute Gasteiger partial charge is 0.251 e. The number of rotatable bonds is 9. The molecule has 0 radical (unpaired) electrons. The van der Waals surface area contributed by atoms with Gasteiger partial charge >= 0.3 is 0 Å². The van der Waals surface area contributed by atoms with Gasteiger partial charge in [-0.3, -0.25) is 4.79 Å². The summed E-state index contributed by atoms with van der Waals surface area (Å²) in [5, 5.41) is 0. The highest BCUT2D eigenvalue weighted by atomic mass is 16.5. The Morgan fingerprint density at radius 3 is 2.39 bits per heavy atom. The van der Waals surface area contributed by atoms with Crippen LogP contribution in [0.2, 0.25) is 0 Å². The standard InChI is InChI=1S/C23H33N3O2/c1-4-20-22(18-9-11-19(12-10-18)25-13-6-7-14-25)21(23(24)27)17(3)26(20)15-8-16-28-5-2/h9-12H,4-8,13-16H2,1-3H3,(H2,24,27). The van der Waals surface area contributed by atoms with Gasteiger partial charge in [-0.15, -0.1) is 0 Å². The third-order valence-electron chi connectivity index (χ3n) is 5.71. The highest BCUT2D eigenvalue weighted by Gasteiger charge is 2.24. The van der Waals surface area contributed by atoms with Gasteiger partial charge in [-0.05, 0) is 57.2 Å². The van der Waals surface area contributed by atoms with Gasteiger partial charge in [0.25, 0.3) is 5.91 Å². The van der Waals surface area contributed by atoms with Crippen LogP contribution in [0.15, 0.2) is 24.3 Å². The summed E-state index contributed by atoms with van der Waals surface area (Å²) >= 11 is 0. The molecule has 1 aliphatic rings. The van der Waals surface area contributed by atoms with E-state index in [2.05, 4.69) is 40.7 Å². The number of ether oxygens (including phenoxy) is 1. The number of carbonyl (C=O) groups excluding carboxylic acids is 1. The van der Waals surface area contributed by atoms with Gasteiger partial charge in [-0.25, -0.2) is 0 Å². The molecule has 0 unspecified atom stereocenters. The van der Waals surface area contributed by atoms with Crippen molar-refractivity contribution in [2.45, 2.75) is 53.0 Å². The van der Waals surface area contributed by atoms with Gasteiger partial charge in [0, 0.05) is 55.5 Å². The lowest BCUT2D eigenvalue weighted by atomic mass is 9.98. The SMILES string of the molecule is CCOCCCn1c(C)c(C(N)=O)c(-c2ccc(N3CCCC3)cc2)c1CC. The van der Waals surface area contributed by atoms with E-state index in [9.17, 15) is 4.79 Å². The van der Waals surface area contributed by atoms with Crippen molar-refractivity contribution >= 4 is 11.6 Å². The van der Waals surface area contributed by atoms with Crippen LogP contribution in [0.4, 0.5) is 5.69 Å². The Hall–Kier alpha value is -2.27. The minimum atomic E-state index is -0.352. The van der Waals surface area contributed by atoms with Crippen LogP contribution in [0.3, 0.4) is 0 Å². The minimum absolute atomic E-state index is 0.352. The Kier molecular flexibility index (Phi) is 6.79. The number of nitrogens with zero attached hydrogens (tertiary/aromatic N) is 2. The topological polar surface area (TPSA) is 60.5 Å². The van der Waals surface area contributed by atoms with E-state index in [0.29, 0.717) is 5.56 Å². The van der Waals surface area contributed by atoms with Gasteiger partial charge in [0.2, 0.25) is 0 Å². The van der Waals surface area contributed by atoms with Crippen LogP contribution < -0.4 is 10.6 Å². The molecule has 2 aromatic rings. The normalized spacial score (nSPS) is 14.0. The number of nitrogens with two attached hydrogens (primary N) is 1. The van der Waals surface area contributed by atoms with Crippen LogP contribution in [-0.2, 0) is 17.7 Å². The van der Waals surface area contributed by atoms with Crippen LogP contribution in [0.1, 0.15) is 54.9 Å². The van der Waals surface area contributed by atoms with Gasteiger partial charge in [0.1, 0.15) is 0 Å². The Balaban J connectivity index is 1.97. The molecule has 1 aromatic heterocycles. The second-order valence-corrected chi connectivity index (χ2v) is 7.44. The molecular weight excluding hydrogens is 350 g/mol. The van der Waals surface area contributed by atoms with E-state index in [1.807, 2.05) is 13.8 Å². The number of benzene rings is 1. The number of anilines is 1. The summed E-state index contributed by atoms with van der Waals surface area (Å²) in [5.74, 6) is -0.352. The zero-order valence-corrected chi connectivity index (χ0v) is 17.5. The van der Waals surface area contributed by atoms with E-state index in [0.717, 1.165) is 62.5 Å². The number of carbonyl (C=O) groups is 1. The quantitative estimate of drug-likeness (QED) is 0.662. The largest absolute Gasteiger partial charge is 0.382 e. The van der Waals surface area contributed by atoms with Crippen molar-refractivity contribution in [3.8, 4) is 11.1 Å². The Morgan fingerprint density at radius 1 is 1.14 bits per heavy atom. The summed E-state index contributed by atoms with van der Waals surface area (Å²) in [6.07, 6.45) is 4.29. The van der Waals surface area contributed by atoms with Gasteiger partial charge in [0.15, 0.2) is 0 Å². The number of hydrogen-bond donors (Lipinski definition) is 1. The fourth-order valence-corrected chi connectivity index (χ4v) is 4.36. The Morgan fingerprint density at radius 2 is 1.82 bits per heavy atom. The van der Waals surface area contributed by atoms with Crippen molar-refractivity contribution in [2.75, 3.05) is 31.2 Å². The molecule has 0 aliphatic carbocycles. The average molecular weight is 384 g/mol. The predicted molar refractivity (Wildman–Crippen MR) is 115 cm³/mol. The summed E-state index contributed by atoms with van der Waals surface area (Å²) in [4.78, 5) is 14.7. The van der Waals surface area contributed by atoms with Crippen LogP contribution in [0.5, 0.6) is 0 Å². The summed E-state index contributed by atoms with van der Waals surface area (Å²) < 4.78 is 7.74. The van der Waals surface area contributed by atoms with E-state index >= 15 is 0 Å². The Labute approximate surface area is 168 Å². The van der Waals surface area contributed by atoms with Crippen LogP contribution in [0, 0.1) is 6.92 Å². The monoisotopic (exact) mass is 383 g/mol. The number of aromatic nitrogens is 1. The second-order valence-electron chi connectivity index (χ2n) is 7.44. The first-order valence-electron chi connectivity index (χ1n) is 10.5.